The van der Waals surface area contributed by atoms with E-state index in [1.54, 1.807) is 30.3 Å². The summed E-state index contributed by atoms with van der Waals surface area (Å²) in [5, 5.41) is 0. The molecule has 0 aliphatic carbocycles. The first kappa shape index (κ1) is 14.2. The lowest BCUT2D eigenvalue weighted by Gasteiger charge is -2.23. The first-order valence-electron chi connectivity index (χ1n) is 6.02. The molecular formula is C14H19N3O. The van der Waals surface area contributed by atoms with E-state index in [-0.39, 0.29) is 18.5 Å². The van der Waals surface area contributed by atoms with Crippen LogP contribution in [0.4, 0.5) is 0 Å². The second kappa shape index (κ2) is 6.77. The van der Waals surface area contributed by atoms with Crippen LogP contribution in [-0.2, 0) is 0 Å². The standard InChI is InChI=1S/C14H19N3O/c1-4-11(2)17(3)14(18)13-12(7-5-9-15)8-6-10-16-13/h6,8,10-11H,4,9,15H2,1-3H3. The first-order valence-corrected chi connectivity index (χ1v) is 6.02. The zero-order valence-corrected chi connectivity index (χ0v) is 11.1. The molecule has 0 saturated heterocycles. The molecule has 0 aromatic carbocycles. The average molecular weight is 245 g/mol. The summed E-state index contributed by atoms with van der Waals surface area (Å²) in [4.78, 5) is 18.1. The molecule has 0 aliphatic heterocycles. The number of nitrogens with zero attached hydrogens (tertiary/aromatic N) is 2. The molecule has 0 aliphatic rings. The number of amides is 1. The van der Waals surface area contributed by atoms with Crippen LogP contribution < -0.4 is 5.73 Å². The third kappa shape index (κ3) is 3.31. The number of rotatable bonds is 3. The van der Waals surface area contributed by atoms with Crippen molar-refractivity contribution < 1.29 is 4.79 Å². The summed E-state index contributed by atoms with van der Waals surface area (Å²) >= 11 is 0. The fraction of sp³-hybridized carbons (Fsp3) is 0.429. The Labute approximate surface area is 108 Å². The van der Waals surface area contributed by atoms with Crippen LogP contribution in [0.5, 0.6) is 0 Å². The van der Waals surface area contributed by atoms with Gasteiger partial charge in [-0.15, -0.1) is 0 Å². The van der Waals surface area contributed by atoms with Crippen molar-refractivity contribution in [2.45, 2.75) is 26.3 Å². The van der Waals surface area contributed by atoms with Gasteiger partial charge in [-0.2, -0.15) is 0 Å². The van der Waals surface area contributed by atoms with Crippen LogP contribution in [0, 0.1) is 11.8 Å². The Morgan fingerprint density at radius 1 is 1.61 bits per heavy atom. The predicted molar refractivity (Wildman–Crippen MR) is 72.0 cm³/mol. The lowest BCUT2D eigenvalue weighted by atomic mass is 10.1. The Bertz CT molecular complexity index is 473. The minimum absolute atomic E-state index is 0.105. The van der Waals surface area contributed by atoms with Crippen molar-refractivity contribution in [1.29, 1.82) is 0 Å². The number of hydrogen-bond donors (Lipinski definition) is 1. The smallest absolute Gasteiger partial charge is 0.273 e. The predicted octanol–water partition coefficient (Wildman–Crippen LogP) is 1.26. The van der Waals surface area contributed by atoms with E-state index in [1.807, 2.05) is 13.8 Å². The average Bonchev–Trinajstić information content (AvgIpc) is 2.42. The third-order valence-corrected chi connectivity index (χ3v) is 2.91. The molecule has 1 aromatic heterocycles. The zero-order valence-electron chi connectivity index (χ0n) is 11.1. The van der Waals surface area contributed by atoms with Crippen LogP contribution in [0.15, 0.2) is 18.3 Å². The fourth-order valence-electron chi connectivity index (χ4n) is 1.46. The molecule has 96 valence electrons. The maximum atomic E-state index is 12.3. The van der Waals surface area contributed by atoms with Gasteiger partial charge in [-0.25, -0.2) is 4.98 Å². The highest BCUT2D eigenvalue weighted by molar-refractivity contribution is 5.94. The van der Waals surface area contributed by atoms with Crippen molar-refractivity contribution in [2.24, 2.45) is 5.73 Å². The summed E-state index contributed by atoms with van der Waals surface area (Å²) in [6.45, 7) is 4.32. The van der Waals surface area contributed by atoms with Gasteiger partial charge in [0.1, 0.15) is 5.69 Å². The lowest BCUT2D eigenvalue weighted by Crippen LogP contribution is -2.35. The van der Waals surface area contributed by atoms with E-state index in [1.165, 1.54) is 0 Å². The van der Waals surface area contributed by atoms with Crippen molar-refractivity contribution in [3.63, 3.8) is 0 Å². The summed E-state index contributed by atoms with van der Waals surface area (Å²) in [6, 6.07) is 3.73. The largest absolute Gasteiger partial charge is 0.338 e. The van der Waals surface area contributed by atoms with Gasteiger partial charge in [0.2, 0.25) is 0 Å². The van der Waals surface area contributed by atoms with Gasteiger partial charge in [-0.1, -0.05) is 18.8 Å². The molecule has 2 N–H and O–H groups in total. The SMILES string of the molecule is CCC(C)N(C)C(=O)c1ncccc1C#CCN. The fourth-order valence-corrected chi connectivity index (χ4v) is 1.46. The zero-order chi connectivity index (χ0) is 13.5. The molecule has 4 nitrogen and oxygen atoms in total. The second-order valence-corrected chi connectivity index (χ2v) is 4.08. The van der Waals surface area contributed by atoms with Crippen molar-refractivity contribution in [3.05, 3.63) is 29.6 Å². The van der Waals surface area contributed by atoms with Crippen molar-refractivity contribution in [3.8, 4) is 11.8 Å². The number of pyridine rings is 1. The monoisotopic (exact) mass is 245 g/mol. The van der Waals surface area contributed by atoms with E-state index in [9.17, 15) is 4.79 Å². The third-order valence-electron chi connectivity index (χ3n) is 2.91. The molecule has 0 radical (unpaired) electrons. The van der Waals surface area contributed by atoms with Gasteiger partial charge >= 0.3 is 0 Å². The molecule has 1 unspecified atom stereocenters. The maximum Gasteiger partial charge on any atom is 0.273 e. The highest BCUT2D eigenvalue weighted by Gasteiger charge is 2.19. The normalized spacial score (nSPS) is 11.3. The molecule has 0 bridgehead atoms. The number of aromatic nitrogens is 1. The number of carbonyl (C=O) groups is 1. The van der Waals surface area contributed by atoms with E-state index in [0.29, 0.717) is 11.3 Å². The molecule has 1 aromatic rings. The molecule has 4 heteroatoms. The first-order chi connectivity index (χ1) is 8.61. The van der Waals surface area contributed by atoms with Gasteiger partial charge in [0.15, 0.2) is 0 Å². The number of carbonyl (C=O) groups excluding carboxylic acids is 1. The maximum absolute atomic E-state index is 12.3. The molecule has 18 heavy (non-hydrogen) atoms. The van der Waals surface area contributed by atoms with Crippen LogP contribution >= 0.6 is 0 Å². The van der Waals surface area contributed by atoms with Gasteiger partial charge in [-0.3, -0.25) is 4.79 Å². The Hall–Kier alpha value is -1.86. The van der Waals surface area contributed by atoms with Gasteiger partial charge < -0.3 is 10.6 Å². The summed E-state index contributed by atoms with van der Waals surface area (Å²) < 4.78 is 0. The van der Waals surface area contributed by atoms with Gasteiger partial charge in [0.25, 0.3) is 5.91 Å². The van der Waals surface area contributed by atoms with Crippen LogP contribution in [0.3, 0.4) is 0 Å². The quantitative estimate of drug-likeness (QED) is 0.816. The minimum atomic E-state index is -0.105. The minimum Gasteiger partial charge on any atom is -0.338 e. The molecular weight excluding hydrogens is 226 g/mol. The van der Waals surface area contributed by atoms with Crippen molar-refractivity contribution in [1.82, 2.24) is 9.88 Å². The van der Waals surface area contributed by atoms with E-state index in [2.05, 4.69) is 16.8 Å². The van der Waals surface area contributed by atoms with Gasteiger partial charge in [0, 0.05) is 19.3 Å². The lowest BCUT2D eigenvalue weighted by molar-refractivity contribution is 0.0734. The molecule has 0 spiro atoms. The van der Waals surface area contributed by atoms with Crippen molar-refractivity contribution >= 4 is 5.91 Å². The van der Waals surface area contributed by atoms with Crippen LogP contribution in [0.2, 0.25) is 0 Å². The molecule has 0 saturated carbocycles. The van der Waals surface area contributed by atoms with E-state index >= 15 is 0 Å². The molecule has 1 heterocycles. The topological polar surface area (TPSA) is 59.2 Å². The molecule has 0 fully saturated rings. The Kier molecular flexibility index (Phi) is 5.34. The van der Waals surface area contributed by atoms with E-state index in [4.69, 9.17) is 5.73 Å². The number of hydrogen-bond acceptors (Lipinski definition) is 3. The highest BCUT2D eigenvalue weighted by atomic mass is 16.2. The van der Waals surface area contributed by atoms with Crippen LogP contribution in [-0.4, -0.2) is 35.4 Å². The summed E-state index contributed by atoms with van der Waals surface area (Å²) in [5.41, 5.74) is 6.36. The van der Waals surface area contributed by atoms with Crippen LogP contribution in [0.25, 0.3) is 0 Å². The van der Waals surface area contributed by atoms with Gasteiger partial charge in [-0.05, 0) is 25.5 Å². The number of nitrogens with two attached hydrogens (primary N) is 1. The van der Waals surface area contributed by atoms with E-state index in [0.717, 1.165) is 6.42 Å². The van der Waals surface area contributed by atoms with Crippen molar-refractivity contribution in [2.75, 3.05) is 13.6 Å². The van der Waals surface area contributed by atoms with E-state index < -0.39 is 0 Å². The molecule has 1 atom stereocenters. The van der Waals surface area contributed by atoms with Crippen LogP contribution in [0.1, 0.15) is 36.3 Å². The second-order valence-electron chi connectivity index (χ2n) is 4.08. The molecule has 1 amide bonds. The highest BCUT2D eigenvalue weighted by Crippen LogP contribution is 2.10. The summed E-state index contributed by atoms with van der Waals surface area (Å²) in [6.07, 6.45) is 2.50. The Morgan fingerprint density at radius 3 is 2.94 bits per heavy atom. The Morgan fingerprint density at radius 2 is 2.33 bits per heavy atom. The molecule has 1 rings (SSSR count). The summed E-state index contributed by atoms with van der Waals surface area (Å²) in [7, 11) is 1.78. The van der Waals surface area contributed by atoms with Gasteiger partial charge in [0.05, 0.1) is 12.1 Å². The Balaban J connectivity index is 3.05. The summed E-state index contributed by atoms with van der Waals surface area (Å²) in [5.74, 6) is 5.52.